The second-order valence-corrected chi connectivity index (χ2v) is 11.7. The predicted molar refractivity (Wildman–Crippen MR) is 156 cm³/mol. The quantitative estimate of drug-likeness (QED) is 0.328. The molecule has 5 rings (SSSR count). The van der Waals surface area contributed by atoms with Crippen LogP contribution >= 0.6 is 0 Å². The number of nitrogens with zero attached hydrogens (tertiary/aromatic N) is 1. The van der Waals surface area contributed by atoms with Crippen LogP contribution in [-0.4, -0.2) is 58.8 Å². The topological polar surface area (TPSA) is 108 Å². The lowest BCUT2D eigenvalue weighted by Gasteiger charge is -2.34. The molecule has 0 radical (unpaired) electrons. The summed E-state index contributed by atoms with van der Waals surface area (Å²) >= 11 is 0. The van der Waals surface area contributed by atoms with E-state index in [0.29, 0.717) is 26.1 Å². The van der Waals surface area contributed by atoms with Crippen LogP contribution < -0.4 is 10.6 Å². The first-order valence-electron chi connectivity index (χ1n) is 14.1. The molecule has 0 aromatic heterocycles. The highest BCUT2D eigenvalue weighted by atomic mass is 16.5. The average Bonchev–Trinajstić information content (AvgIpc) is 3.50. The van der Waals surface area contributed by atoms with E-state index >= 15 is 0 Å². The number of aliphatic carboxylic acids is 1. The zero-order valence-electron chi connectivity index (χ0n) is 23.6. The van der Waals surface area contributed by atoms with Crippen LogP contribution in [-0.2, 0) is 20.9 Å². The molecule has 1 atom stereocenters. The molecule has 8 heteroatoms. The van der Waals surface area contributed by atoms with Gasteiger partial charge in [-0.1, -0.05) is 78.9 Å². The average molecular weight is 556 g/mol. The van der Waals surface area contributed by atoms with Gasteiger partial charge in [-0.25, -0.2) is 4.79 Å². The second kappa shape index (κ2) is 11.7. The number of amides is 2. The highest BCUT2D eigenvalue weighted by Gasteiger charge is 2.47. The largest absolute Gasteiger partial charge is 0.481 e. The van der Waals surface area contributed by atoms with E-state index in [1.807, 2.05) is 54.6 Å². The number of carboxylic acids is 1. The Morgan fingerprint density at radius 1 is 0.951 bits per heavy atom. The van der Waals surface area contributed by atoms with Gasteiger partial charge in [-0.3, -0.25) is 14.5 Å². The summed E-state index contributed by atoms with van der Waals surface area (Å²) in [6.07, 6.45) is -0.0413. The number of carbonyl (C=O) groups is 3. The van der Waals surface area contributed by atoms with Gasteiger partial charge in [-0.2, -0.15) is 0 Å². The lowest BCUT2D eigenvalue weighted by atomic mass is 9.92. The fourth-order valence-corrected chi connectivity index (χ4v) is 5.95. The zero-order valence-corrected chi connectivity index (χ0v) is 23.6. The van der Waals surface area contributed by atoms with Crippen molar-refractivity contribution in [2.75, 3.05) is 19.7 Å². The van der Waals surface area contributed by atoms with Gasteiger partial charge in [0.2, 0.25) is 5.91 Å². The van der Waals surface area contributed by atoms with E-state index in [1.165, 1.54) is 0 Å². The van der Waals surface area contributed by atoms with Gasteiger partial charge in [0.15, 0.2) is 0 Å². The van der Waals surface area contributed by atoms with Crippen LogP contribution in [0, 0.1) is 0 Å². The fraction of sp³-hybridized carbons (Fsp3) is 0.364. The van der Waals surface area contributed by atoms with Crippen LogP contribution in [0.1, 0.15) is 55.7 Å². The number of carboxylic acid groups (broad SMARTS) is 1. The van der Waals surface area contributed by atoms with Crippen LogP contribution in [0.25, 0.3) is 11.1 Å². The molecule has 1 aliphatic heterocycles. The minimum Gasteiger partial charge on any atom is -0.481 e. The Balaban J connectivity index is 1.31. The van der Waals surface area contributed by atoms with E-state index in [9.17, 15) is 14.4 Å². The second-order valence-electron chi connectivity index (χ2n) is 11.7. The maximum Gasteiger partial charge on any atom is 0.408 e. The molecule has 41 heavy (non-hydrogen) atoms. The number of hydrogen-bond acceptors (Lipinski definition) is 5. The van der Waals surface area contributed by atoms with E-state index in [2.05, 4.69) is 39.8 Å². The maximum absolute atomic E-state index is 13.8. The third-order valence-corrected chi connectivity index (χ3v) is 8.13. The Kier molecular flexibility index (Phi) is 8.13. The molecule has 0 bridgehead atoms. The number of rotatable bonds is 10. The Hall–Kier alpha value is -4.17. The van der Waals surface area contributed by atoms with Crippen molar-refractivity contribution in [3.8, 4) is 11.1 Å². The van der Waals surface area contributed by atoms with Crippen LogP contribution in [0.2, 0.25) is 0 Å². The zero-order chi connectivity index (χ0) is 29.0. The van der Waals surface area contributed by atoms with Crippen molar-refractivity contribution in [3.05, 3.63) is 95.6 Å². The van der Waals surface area contributed by atoms with E-state index in [4.69, 9.17) is 9.84 Å². The summed E-state index contributed by atoms with van der Waals surface area (Å²) in [5, 5.41) is 15.1. The summed E-state index contributed by atoms with van der Waals surface area (Å²) in [6, 6.07) is 26.3. The summed E-state index contributed by atoms with van der Waals surface area (Å²) in [4.78, 5) is 40.4. The number of ether oxygens (including phenoxy) is 1. The highest BCUT2D eigenvalue weighted by molar-refractivity contribution is 5.91. The predicted octanol–water partition coefficient (Wildman–Crippen LogP) is 4.93. The van der Waals surface area contributed by atoms with Gasteiger partial charge in [0, 0.05) is 37.5 Å². The van der Waals surface area contributed by atoms with Crippen molar-refractivity contribution in [3.63, 3.8) is 0 Å². The Morgan fingerprint density at radius 3 is 2.20 bits per heavy atom. The van der Waals surface area contributed by atoms with Gasteiger partial charge in [0.25, 0.3) is 0 Å². The molecule has 3 N–H and O–H groups in total. The molecule has 1 unspecified atom stereocenters. The van der Waals surface area contributed by atoms with Crippen molar-refractivity contribution in [1.29, 1.82) is 0 Å². The molecule has 1 aliphatic carbocycles. The molecular formula is C33H37N3O5. The number of carbonyl (C=O) groups excluding carboxylic acids is 2. The first kappa shape index (κ1) is 28.4. The first-order chi connectivity index (χ1) is 19.7. The minimum absolute atomic E-state index is 0.0692. The molecule has 1 heterocycles. The lowest BCUT2D eigenvalue weighted by Crippen LogP contribution is -2.63. The number of fused-ring (bicyclic) bond motifs is 3. The van der Waals surface area contributed by atoms with Crippen molar-refractivity contribution in [2.24, 2.45) is 0 Å². The number of likely N-dealkylation sites (tertiary alicyclic amines) is 1. The van der Waals surface area contributed by atoms with Gasteiger partial charge in [0.05, 0.1) is 0 Å². The third kappa shape index (κ3) is 6.43. The van der Waals surface area contributed by atoms with Gasteiger partial charge in [-0.05, 0) is 54.5 Å². The minimum atomic E-state index is -1.21. The van der Waals surface area contributed by atoms with E-state index in [0.717, 1.165) is 27.8 Å². The summed E-state index contributed by atoms with van der Waals surface area (Å²) in [6.45, 7) is 5.31. The SMILES string of the molecule is CC(C)(CCC(=O)O)NC(=O)C1(NC(=O)OCC2c3ccccc3-c3ccccc32)CCN(Cc2ccccc2)C1. The normalized spacial score (nSPS) is 18.4. The van der Waals surface area contributed by atoms with Gasteiger partial charge in [-0.15, -0.1) is 0 Å². The summed E-state index contributed by atoms with van der Waals surface area (Å²) in [5.74, 6) is -1.35. The number of hydrogen-bond donors (Lipinski definition) is 3. The molecule has 0 spiro atoms. The number of benzene rings is 3. The van der Waals surface area contributed by atoms with E-state index in [1.54, 1.807) is 13.8 Å². The van der Waals surface area contributed by atoms with Gasteiger partial charge >= 0.3 is 12.1 Å². The summed E-state index contributed by atoms with van der Waals surface area (Å²) < 4.78 is 5.81. The molecule has 3 aromatic carbocycles. The van der Waals surface area contributed by atoms with Crippen molar-refractivity contribution >= 4 is 18.0 Å². The standard InChI is InChI=1S/C33H37N3O5/c1-32(2,17-16-29(37)38)34-30(39)33(18-19-36(22-33)20-23-10-4-3-5-11-23)35-31(40)41-21-28-26-14-8-6-12-24(26)25-13-7-9-15-27(25)28/h3-15,28H,16-22H2,1-2H3,(H,34,39)(H,35,40)(H,37,38). The van der Waals surface area contributed by atoms with Crippen molar-refractivity contribution in [2.45, 2.75) is 56.7 Å². The summed E-state index contributed by atoms with van der Waals surface area (Å²) in [7, 11) is 0. The first-order valence-corrected chi connectivity index (χ1v) is 14.1. The van der Waals surface area contributed by atoms with Gasteiger partial charge < -0.3 is 20.5 Å². The van der Waals surface area contributed by atoms with Crippen molar-refractivity contribution in [1.82, 2.24) is 15.5 Å². The smallest absolute Gasteiger partial charge is 0.408 e. The highest BCUT2D eigenvalue weighted by Crippen LogP contribution is 2.44. The molecule has 214 valence electrons. The number of nitrogens with one attached hydrogen (secondary N) is 2. The van der Waals surface area contributed by atoms with Crippen LogP contribution in [0.15, 0.2) is 78.9 Å². The Morgan fingerprint density at radius 2 is 1.56 bits per heavy atom. The van der Waals surface area contributed by atoms with Crippen LogP contribution in [0.3, 0.4) is 0 Å². The lowest BCUT2D eigenvalue weighted by molar-refractivity contribution is -0.138. The van der Waals surface area contributed by atoms with E-state index < -0.39 is 23.1 Å². The molecule has 8 nitrogen and oxygen atoms in total. The third-order valence-electron chi connectivity index (χ3n) is 8.13. The molecule has 3 aromatic rings. The molecule has 1 fully saturated rings. The molecule has 2 amide bonds. The van der Waals surface area contributed by atoms with Crippen molar-refractivity contribution < 1.29 is 24.2 Å². The Bertz CT molecular complexity index is 1380. The fourth-order valence-electron chi connectivity index (χ4n) is 5.95. The molecule has 2 aliphatic rings. The molecule has 0 saturated carbocycles. The summed E-state index contributed by atoms with van der Waals surface area (Å²) in [5.41, 5.74) is 3.66. The number of alkyl carbamates (subject to hydrolysis) is 1. The van der Waals surface area contributed by atoms with Gasteiger partial charge in [0.1, 0.15) is 12.1 Å². The Labute approximate surface area is 240 Å². The molecule has 1 saturated heterocycles. The van der Waals surface area contributed by atoms with Crippen LogP contribution in [0.4, 0.5) is 4.79 Å². The van der Waals surface area contributed by atoms with E-state index in [-0.39, 0.29) is 31.3 Å². The molecular weight excluding hydrogens is 518 g/mol. The maximum atomic E-state index is 13.8. The monoisotopic (exact) mass is 555 g/mol. The van der Waals surface area contributed by atoms with Crippen LogP contribution in [0.5, 0.6) is 0 Å².